The molecule has 7 rings (SSSR count). The molecule has 0 spiro atoms. The predicted molar refractivity (Wildman–Crippen MR) is 179 cm³/mol. The third-order valence-electron chi connectivity index (χ3n) is 9.23. The Hall–Kier alpha value is -4.97. The molecule has 2 aliphatic carbocycles. The SMILES string of the molecule is CCOC(=O)Nc1cccc(C2(c3ccccc3)C=Cc3c(c4c(c5cc(OC)c(OC)cc35)C3=C(C=CCC3C)CC4)O2)c1. The molecule has 1 heterocycles. The molecule has 1 N–H and O–H groups in total. The van der Waals surface area contributed by atoms with Crippen LogP contribution in [0.4, 0.5) is 10.5 Å². The maximum atomic E-state index is 12.3. The van der Waals surface area contributed by atoms with Crippen molar-refractivity contribution in [3.63, 3.8) is 0 Å². The lowest BCUT2D eigenvalue weighted by atomic mass is 9.73. The van der Waals surface area contributed by atoms with Crippen molar-refractivity contribution in [2.75, 3.05) is 26.1 Å². The normalized spacial score (nSPS) is 19.7. The number of carbonyl (C=O) groups is 1. The van der Waals surface area contributed by atoms with Crippen LogP contribution in [0.5, 0.6) is 17.2 Å². The topological polar surface area (TPSA) is 66.0 Å². The molecule has 2 unspecified atom stereocenters. The minimum Gasteiger partial charge on any atom is -0.493 e. The lowest BCUT2D eigenvalue weighted by molar-refractivity contribution is 0.159. The number of carbonyl (C=O) groups excluding carboxylic acids is 1. The number of anilines is 1. The Morgan fingerprint density at radius 2 is 1.69 bits per heavy atom. The zero-order valence-electron chi connectivity index (χ0n) is 26.1. The van der Waals surface area contributed by atoms with Gasteiger partial charge in [-0.25, -0.2) is 4.79 Å². The van der Waals surface area contributed by atoms with Crippen molar-refractivity contribution in [3.05, 3.63) is 118 Å². The maximum absolute atomic E-state index is 12.3. The molecule has 4 aromatic rings. The van der Waals surface area contributed by atoms with Gasteiger partial charge in [0.05, 0.1) is 20.8 Å². The average molecular weight is 600 g/mol. The van der Waals surface area contributed by atoms with Crippen LogP contribution >= 0.6 is 0 Å². The Labute approximate surface area is 264 Å². The number of hydrogen-bond acceptors (Lipinski definition) is 5. The summed E-state index contributed by atoms with van der Waals surface area (Å²) < 4.78 is 24.2. The van der Waals surface area contributed by atoms with Gasteiger partial charge in [-0.05, 0) is 96.0 Å². The Balaban J connectivity index is 1.49. The zero-order chi connectivity index (χ0) is 31.1. The lowest BCUT2D eigenvalue weighted by Crippen LogP contribution is -2.35. The summed E-state index contributed by atoms with van der Waals surface area (Å²) in [7, 11) is 3.36. The van der Waals surface area contributed by atoms with Crippen molar-refractivity contribution in [2.24, 2.45) is 5.92 Å². The van der Waals surface area contributed by atoms with Crippen LogP contribution in [0.1, 0.15) is 54.5 Å². The lowest BCUT2D eigenvalue weighted by Gasteiger charge is -2.40. The molecule has 0 radical (unpaired) electrons. The molecule has 2 atom stereocenters. The summed E-state index contributed by atoms with van der Waals surface area (Å²) in [6.07, 6.45) is 11.3. The van der Waals surface area contributed by atoms with E-state index in [1.807, 2.05) is 36.4 Å². The number of fused-ring (bicyclic) bond motifs is 7. The molecule has 0 aromatic heterocycles. The van der Waals surface area contributed by atoms with Gasteiger partial charge in [-0.15, -0.1) is 0 Å². The van der Waals surface area contributed by atoms with Crippen molar-refractivity contribution in [3.8, 4) is 17.2 Å². The van der Waals surface area contributed by atoms with E-state index in [1.54, 1.807) is 21.1 Å². The number of methoxy groups -OCH3 is 2. The van der Waals surface area contributed by atoms with E-state index in [2.05, 4.69) is 66.9 Å². The molecule has 1 amide bonds. The maximum Gasteiger partial charge on any atom is 0.411 e. The van der Waals surface area contributed by atoms with Crippen LogP contribution in [0.2, 0.25) is 0 Å². The number of allylic oxidation sites excluding steroid dienone is 4. The largest absolute Gasteiger partial charge is 0.493 e. The van der Waals surface area contributed by atoms with Crippen molar-refractivity contribution in [1.82, 2.24) is 0 Å². The van der Waals surface area contributed by atoms with E-state index in [-0.39, 0.29) is 0 Å². The van der Waals surface area contributed by atoms with Crippen LogP contribution in [0.25, 0.3) is 22.4 Å². The minimum atomic E-state index is -0.939. The summed E-state index contributed by atoms with van der Waals surface area (Å²) in [6.45, 7) is 4.40. The Morgan fingerprint density at radius 1 is 0.933 bits per heavy atom. The third kappa shape index (κ3) is 4.76. The van der Waals surface area contributed by atoms with Gasteiger partial charge in [0.1, 0.15) is 5.75 Å². The number of rotatable bonds is 6. The smallest absolute Gasteiger partial charge is 0.411 e. The highest BCUT2D eigenvalue weighted by atomic mass is 16.5. The van der Waals surface area contributed by atoms with Gasteiger partial charge in [0.25, 0.3) is 0 Å². The fourth-order valence-corrected chi connectivity index (χ4v) is 7.19. The van der Waals surface area contributed by atoms with Gasteiger partial charge in [0.15, 0.2) is 17.1 Å². The second-order valence-corrected chi connectivity index (χ2v) is 11.8. The first-order valence-electron chi connectivity index (χ1n) is 15.6. The summed E-state index contributed by atoms with van der Waals surface area (Å²) in [4.78, 5) is 12.3. The molecule has 0 bridgehead atoms. The Morgan fingerprint density at radius 3 is 2.44 bits per heavy atom. The number of hydrogen-bond donors (Lipinski definition) is 1. The van der Waals surface area contributed by atoms with Crippen LogP contribution in [0.15, 0.2) is 90.5 Å². The summed E-state index contributed by atoms with van der Waals surface area (Å²) in [5, 5.41) is 5.08. The quantitative estimate of drug-likeness (QED) is 0.240. The van der Waals surface area contributed by atoms with Gasteiger partial charge in [-0.1, -0.05) is 61.5 Å². The van der Waals surface area contributed by atoms with Gasteiger partial charge in [-0.2, -0.15) is 0 Å². The molecule has 0 saturated carbocycles. The fourth-order valence-electron chi connectivity index (χ4n) is 7.19. The van der Waals surface area contributed by atoms with Crippen molar-refractivity contribution >= 4 is 34.2 Å². The van der Waals surface area contributed by atoms with Crippen molar-refractivity contribution in [2.45, 2.75) is 38.7 Å². The number of ether oxygens (including phenoxy) is 4. The van der Waals surface area contributed by atoms with Crippen molar-refractivity contribution in [1.29, 1.82) is 0 Å². The molecule has 45 heavy (non-hydrogen) atoms. The molecule has 3 aliphatic rings. The van der Waals surface area contributed by atoms with E-state index in [9.17, 15) is 4.79 Å². The highest BCUT2D eigenvalue weighted by Gasteiger charge is 2.40. The highest BCUT2D eigenvalue weighted by Crippen LogP contribution is 2.54. The van der Waals surface area contributed by atoms with E-state index < -0.39 is 11.7 Å². The van der Waals surface area contributed by atoms with E-state index in [0.717, 1.165) is 52.5 Å². The molecule has 1 aliphatic heterocycles. The molecular weight excluding hydrogens is 562 g/mol. The van der Waals surface area contributed by atoms with Crippen LogP contribution in [-0.2, 0) is 16.8 Å². The second-order valence-electron chi connectivity index (χ2n) is 11.8. The monoisotopic (exact) mass is 599 g/mol. The van der Waals surface area contributed by atoms with E-state index in [0.29, 0.717) is 29.7 Å². The molecule has 228 valence electrons. The molecule has 0 saturated heterocycles. The molecule has 0 fully saturated rings. The number of benzene rings is 4. The second kappa shape index (κ2) is 11.5. The summed E-state index contributed by atoms with van der Waals surface area (Å²) in [5.41, 5.74) is 7.87. The van der Waals surface area contributed by atoms with Gasteiger partial charge in [0, 0.05) is 27.9 Å². The van der Waals surface area contributed by atoms with Gasteiger partial charge in [0.2, 0.25) is 0 Å². The number of amides is 1. The van der Waals surface area contributed by atoms with Crippen LogP contribution in [0.3, 0.4) is 0 Å². The molecular formula is C39H37NO5. The first-order valence-corrected chi connectivity index (χ1v) is 15.6. The molecule has 6 nitrogen and oxygen atoms in total. The van der Waals surface area contributed by atoms with Gasteiger partial charge >= 0.3 is 6.09 Å². The van der Waals surface area contributed by atoms with Gasteiger partial charge in [-0.3, -0.25) is 5.32 Å². The average Bonchev–Trinajstić information content (AvgIpc) is 3.07. The summed E-state index contributed by atoms with van der Waals surface area (Å²) >= 11 is 0. The predicted octanol–water partition coefficient (Wildman–Crippen LogP) is 9.07. The van der Waals surface area contributed by atoms with Crippen LogP contribution in [0, 0.1) is 5.92 Å². The molecule has 4 aromatic carbocycles. The molecule has 6 heteroatoms. The minimum absolute atomic E-state index is 0.296. The third-order valence-corrected chi connectivity index (χ3v) is 9.23. The number of nitrogens with one attached hydrogen (secondary N) is 1. The first kappa shape index (κ1) is 28.8. The Kier molecular flexibility index (Phi) is 7.36. The van der Waals surface area contributed by atoms with Crippen LogP contribution < -0.4 is 19.5 Å². The highest BCUT2D eigenvalue weighted by molar-refractivity contribution is 6.06. The van der Waals surface area contributed by atoms with E-state index in [4.69, 9.17) is 18.9 Å². The first-order chi connectivity index (χ1) is 22.0. The summed E-state index contributed by atoms with van der Waals surface area (Å²) in [5.74, 6) is 2.65. The van der Waals surface area contributed by atoms with Crippen molar-refractivity contribution < 1.29 is 23.7 Å². The standard InChI is InChI=1S/C39H37NO5/c1-5-44-38(41)40-28-16-10-15-27(21-28)39(26-13-7-6-8-14-26)20-19-29-31-22-33(42-3)34(43-4)23-32(31)36-30(37(29)45-39)18-17-25-12-9-11-24(2)35(25)36/h6-10,12-16,19-24H,5,11,17-18H2,1-4H3,(H,40,41). The van der Waals surface area contributed by atoms with E-state index >= 15 is 0 Å². The Bertz CT molecular complexity index is 1900. The zero-order valence-corrected chi connectivity index (χ0v) is 26.1. The summed E-state index contributed by atoms with van der Waals surface area (Å²) in [6, 6.07) is 22.3. The fraction of sp³-hybridized carbons (Fsp3) is 0.256. The van der Waals surface area contributed by atoms with E-state index in [1.165, 1.54) is 22.3 Å². The van der Waals surface area contributed by atoms with Crippen LogP contribution in [-0.4, -0.2) is 26.9 Å². The van der Waals surface area contributed by atoms with Gasteiger partial charge < -0.3 is 18.9 Å².